The van der Waals surface area contributed by atoms with Crippen molar-refractivity contribution in [3.63, 3.8) is 0 Å². The van der Waals surface area contributed by atoms with Crippen molar-refractivity contribution in [2.24, 2.45) is 0 Å². The minimum atomic E-state index is -1.64. The standard InChI is InChI=1S/C47H55N6O7PS/c1-8-52(9-2)36-20-25-42-39(28-36)49-45-43(62-42)30-53(46(54)50-45)44-29-40(60-61(51(5)32(3)4)58-27-13-26-48)41(59-44)31-57-47(33-14-11-10-12-15-33,34-16-21-37(55-6)22-17-34)35-18-23-38(56-7)24-19-35/h10-12,14-25,28,30,32,40-41,44H,8-9,13,27,29,31H2,1-7H3,(H,49,50,54)/t40?,41-,44-,61?/m1/s1. The third-order valence-electron chi connectivity index (χ3n) is 11.3. The van der Waals surface area contributed by atoms with E-state index in [0.29, 0.717) is 23.7 Å². The van der Waals surface area contributed by atoms with Gasteiger partial charge in [-0.25, -0.2) is 9.46 Å². The Morgan fingerprint density at radius 1 is 0.952 bits per heavy atom. The highest BCUT2D eigenvalue weighted by molar-refractivity contribution is 7.99. The number of nitrogens with zero attached hydrogens (tertiary/aromatic N) is 5. The number of fused-ring (bicyclic) bond motifs is 2. The summed E-state index contributed by atoms with van der Waals surface area (Å²) in [4.78, 5) is 22.7. The Kier molecular flexibility index (Phi) is 14.9. The van der Waals surface area contributed by atoms with Crippen LogP contribution in [-0.4, -0.2) is 80.0 Å². The summed E-state index contributed by atoms with van der Waals surface area (Å²) >= 11 is 1.56. The van der Waals surface area contributed by atoms with Gasteiger partial charge in [0.15, 0.2) is 5.82 Å². The van der Waals surface area contributed by atoms with Gasteiger partial charge in [-0.3, -0.25) is 4.57 Å². The molecule has 0 amide bonds. The van der Waals surface area contributed by atoms with Crippen LogP contribution in [0, 0.1) is 11.3 Å². The Morgan fingerprint density at radius 3 is 2.19 bits per heavy atom. The van der Waals surface area contributed by atoms with Crippen LogP contribution in [0.1, 0.15) is 63.5 Å². The molecule has 326 valence electrons. The minimum Gasteiger partial charge on any atom is -0.497 e. The molecular weight excluding hydrogens is 824 g/mol. The molecule has 0 aliphatic carbocycles. The number of anilines is 3. The lowest BCUT2D eigenvalue weighted by molar-refractivity contribution is -0.0924. The third-order valence-corrected chi connectivity index (χ3v) is 14.2. The molecule has 15 heteroatoms. The summed E-state index contributed by atoms with van der Waals surface area (Å²) in [5.41, 5.74) is 3.07. The Labute approximate surface area is 369 Å². The minimum absolute atomic E-state index is 0.0621. The maximum atomic E-state index is 14.0. The zero-order chi connectivity index (χ0) is 43.8. The van der Waals surface area contributed by atoms with E-state index in [-0.39, 0.29) is 25.7 Å². The molecule has 2 aliphatic rings. The van der Waals surface area contributed by atoms with Crippen molar-refractivity contribution in [1.82, 2.24) is 14.2 Å². The Balaban J connectivity index is 1.26. The number of nitriles is 1. The van der Waals surface area contributed by atoms with Crippen molar-refractivity contribution < 1.29 is 28.0 Å². The van der Waals surface area contributed by atoms with Gasteiger partial charge in [-0.15, -0.1) is 0 Å². The fraction of sp³-hybridized carbons (Fsp3) is 0.383. The number of rotatable bonds is 19. The van der Waals surface area contributed by atoms with E-state index in [1.807, 2.05) is 96.8 Å². The molecule has 1 saturated heterocycles. The SMILES string of the molecule is CCN(CC)c1ccc2c(c1)Nc1nc(=O)n([C@H]3CC(OP(OCCC#N)N(C)C(C)C)[C@@H](COC(c4ccccc4)(c4ccc(OC)cc4)c4ccc(OC)cc4)O3)cc1S2. The molecule has 0 spiro atoms. The van der Waals surface area contributed by atoms with Crippen LogP contribution in [0.15, 0.2) is 118 Å². The lowest BCUT2D eigenvalue weighted by Gasteiger charge is -2.37. The van der Waals surface area contributed by atoms with Crippen LogP contribution in [0.3, 0.4) is 0 Å². The normalized spacial score (nSPS) is 17.5. The molecule has 3 heterocycles. The van der Waals surface area contributed by atoms with Crippen LogP contribution < -0.4 is 25.4 Å². The van der Waals surface area contributed by atoms with Crippen LogP contribution in [0.4, 0.5) is 17.2 Å². The maximum absolute atomic E-state index is 14.0. The Morgan fingerprint density at radius 2 is 1.60 bits per heavy atom. The molecule has 13 nitrogen and oxygen atoms in total. The van der Waals surface area contributed by atoms with Gasteiger partial charge in [0, 0.05) is 42.3 Å². The second-order valence-corrected chi connectivity index (χ2v) is 17.9. The smallest absolute Gasteiger partial charge is 0.351 e. The fourth-order valence-corrected chi connectivity index (χ4v) is 10.1. The van der Waals surface area contributed by atoms with Crippen molar-refractivity contribution in [2.75, 3.05) is 57.8 Å². The summed E-state index contributed by atoms with van der Waals surface area (Å²) in [5, 5.41) is 12.8. The van der Waals surface area contributed by atoms with Gasteiger partial charge in [-0.1, -0.05) is 66.4 Å². The van der Waals surface area contributed by atoms with Gasteiger partial charge in [-0.05, 0) is 93.9 Å². The van der Waals surface area contributed by atoms with Gasteiger partial charge in [0.2, 0.25) is 0 Å². The van der Waals surface area contributed by atoms with Crippen molar-refractivity contribution in [1.29, 1.82) is 5.26 Å². The van der Waals surface area contributed by atoms with E-state index in [4.69, 9.17) is 28.0 Å². The van der Waals surface area contributed by atoms with Crippen LogP contribution in [0.5, 0.6) is 11.5 Å². The van der Waals surface area contributed by atoms with Crippen LogP contribution in [-0.2, 0) is 24.1 Å². The zero-order valence-electron chi connectivity index (χ0n) is 36.3. The average molecular weight is 879 g/mol. The first-order chi connectivity index (χ1) is 30.1. The molecule has 0 saturated carbocycles. The van der Waals surface area contributed by atoms with E-state index in [9.17, 15) is 10.1 Å². The quantitative estimate of drug-likeness (QED) is 0.0471. The molecule has 1 fully saturated rings. The first-order valence-electron chi connectivity index (χ1n) is 20.9. The molecule has 2 aliphatic heterocycles. The van der Waals surface area contributed by atoms with Crippen LogP contribution in [0.2, 0.25) is 0 Å². The molecular formula is C47H55N6O7PS. The summed E-state index contributed by atoms with van der Waals surface area (Å²) < 4.78 is 42.1. The molecule has 1 aromatic heterocycles. The second-order valence-electron chi connectivity index (χ2n) is 15.2. The summed E-state index contributed by atoms with van der Waals surface area (Å²) in [7, 11) is 3.59. The van der Waals surface area contributed by atoms with Gasteiger partial charge in [0.05, 0.1) is 56.6 Å². The number of hydrogen-bond acceptors (Lipinski definition) is 13. The summed E-state index contributed by atoms with van der Waals surface area (Å²) in [6.07, 6.45) is 0.366. The second kappa shape index (κ2) is 20.5. The molecule has 5 aromatic rings. The topological polar surface area (TPSA) is 133 Å². The average Bonchev–Trinajstić information content (AvgIpc) is 3.70. The largest absolute Gasteiger partial charge is 0.497 e. The highest BCUT2D eigenvalue weighted by atomic mass is 32.2. The van der Waals surface area contributed by atoms with E-state index < -0.39 is 38.3 Å². The number of benzene rings is 4. The first-order valence-corrected chi connectivity index (χ1v) is 22.9. The molecule has 1 N–H and O–H groups in total. The van der Waals surface area contributed by atoms with Gasteiger partial charge < -0.3 is 38.2 Å². The lowest BCUT2D eigenvalue weighted by Crippen LogP contribution is -2.39. The molecule has 0 bridgehead atoms. The molecule has 2 unspecified atom stereocenters. The van der Waals surface area contributed by atoms with E-state index >= 15 is 0 Å². The van der Waals surface area contributed by atoms with Crippen molar-refractivity contribution in [3.8, 4) is 17.6 Å². The molecule has 62 heavy (non-hydrogen) atoms. The van der Waals surface area contributed by atoms with E-state index in [0.717, 1.165) is 50.9 Å². The Hall–Kier alpha value is -4.97. The Bertz CT molecular complexity index is 2310. The van der Waals surface area contributed by atoms with Crippen molar-refractivity contribution >= 4 is 37.5 Å². The number of nitrogens with one attached hydrogen (secondary N) is 1. The van der Waals surface area contributed by atoms with Gasteiger partial charge in [0.1, 0.15) is 29.4 Å². The predicted octanol–water partition coefficient (Wildman–Crippen LogP) is 9.49. The van der Waals surface area contributed by atoms with E-state index in [1.54, 1.807) is 30.5 Å². The first kappa shape index (κ1) is 45.1. The summed E-state index contributed by atoms with van der Waals surface area (Å²) in [6, 6.07) is 34.4. The molecule has 4 atom stereocenters. The number of methoxy groups -OCH3 is 2. The number of aromatic nitrogens is 2. The maximum Gasteiger partial charge on any atom is 0.351 e. The highest BCUT2D eigenvalue weighted by Crippen LogP contribution is 2.50. The predicted molar refractivity (Wildman–Crippen MR) is 244 cm³/mol. The van der Waals surface area contributed by atoms with Gasteiger partial charge in [-0.2, -0.15) is 10.2 Å². The monoisotopic (exact) mass is 878 g/mol. The number of hydrogen-bond donors (Lipinski definition) is 1. The van der Waals surface area contributed by atoms with Crippen LogP contribution in [0.25, 0.3) is 0 Å². The van der Waals surface area contributed by atoms with Gasteiger partial charge in [0.25, 0.3) is 8.53 Å². The van der Waals surface area contributed by atoms with Crippen LogP contribution >= 0.6 is 20.3 Å². The zero-order valence-corrected chi connectivity index (χ0v) is 38.0. The third kappa shape index (κ3) is 9.65. The van der Waals surface area contributed by atoms with E-state index in [2.05, 4.69) is 67.2 Å². The molecule has 0 radical (unpaired) electrons. The van der Waals surface area contributed by atoms with Crippen molar-refractivity contribution in [2.45, 2.75) is 80.4 Å². The molecule has 7 rings (SSSR count). The van der Waals surface area contributed by atoms with E-state index in [1.165, 1.54) is 0 Å². The lowest BCUT2D eigenvalue weighted by atomic mass is 9.80. The highest BCUT2D eigenvalue weighted by Gasteiger charge is 2.45. The van der Waals surface area contributed by atoms with Crippen molar-refractivity contribution in [3.05, 3.63) is 130 Å². The summed E-state index contributed by atoms with van der Waals surface area (Å²) in [6.45, 7) is 10.4. The van der Waals surface area contributed by atoms with Gasteiger partial charge >= 0.3 is 5.69 Å². The number of ether oxygens (including phenoxy) is 4. The summed E-state index contributed by atoms with van der Waals surface area (Å²) in [5.74, 6) is 1.93. The fourth-order valence-electron chi connectivity index (χ4n) is 7.64. The molecule has 4 aromatic carbocycles.